The van der Waals surface area contributed by atoms with Crippen molar-refractivity contribution < 1.29 is 9.53 Å². The van der Waals surface area contributed by atoms with Crippen molar-refractivity contribution in [2.24, 2.45) is 12.8 Å². The van der Waals surface area contributed by atoms with E-state index in [1.54, 1.807) is 7.05 Å². The molecular formula is C8H13N3O2. The smallest absolute Gasteiger partial charge is 0.267 e. The van der Waals surface area contributed by atoms with Gasteiger partial charge in [0.25, 0.3) is 5.91 Å². The fourth-order valence-corrected chi connectivity index (χ4v) is 0.971. The zero-order chi connectivity index (χ0) is 10.0. The van der Waals surface area contributed by atoms with Crippen LogP contribution in [0.2, 0.25) is 0 Å². The van der Waals surface area contributed by atoms with Crippen LogP contribution in [0.4, 0.5) is 0 Å². The van der Waals surface area contributed by atoms with Gasteiger partial charge in [-0.15, -0.1) is 5.10 Å². The van der Waals surface area contributed by atoms with Crippen molar-refractivity contribution in [1.82, 2.24) is 9.78 Å². The first-order valence-corrected chi connectivity index (χ1v) is 4.01. The number of nitrogens with two attached hydrogens (primary N) is 1. The van der Waals surface area contributed by atoms with Crippen LogP contribution in [0, 0.1) is 0 Å². The molecular weight excluding hydrogens is 170 g/mol. The van der Waals surface area contributed by atoms with Gasteiger partial charge in [-0.25, -0.2) is 0 Å². The monoisotopic (exact) mass is 183 g/mol. The average Bonchev–Trinajstić information content (AvgIpc) is 2.29. The number of primary amides is 1. The maximum absolute atomic E-state index is 10.8. The Morgan fingerprint density at radius 3 is 2.69 bits per heavy atom. The summed E-state index contributed by atoms with van der Waals surface area (Å²) in [5, 5.41) is 3.97. The summed E-state index contributed by atoms with van der Waals surface area (Å²) in [6.45, 7) is 3.78. The summed E-state index contributed by atoms with van der Waals surface area (Å²) in [5.74, 6) is -0.0834. The zero-order valence-corrected chi connectivity index (χ0v) is 7.94. The summed E-state index contributed by atoms with van der Waals surface area (Å²) in [6, 6.07) is 1.53. The van der Waals surface area contributed by atoms with Crippen LogP contribution in [0.3, 0.4) is 0 Å². The van der Waals surface area contributed by atoms with Crippen molar-refractivity contribution in [3.8, 4) is 5.88 Å². The predicted octanol–water partition coefficient (Wildman–Crippen LogP) is 0.306. The van der Waals surface area contributed by atoms with Crippen LogP contribution in [-0.2, 0) is 7.05 Å². The van der Waals surface area contributed by atoms with Crippen LogP contribution in [0.5, 0.6) is 5.88 Å². The lowest BCUT2D eigenvalue weighted by Crippen LogP contribution is -2.15. The molecule has 0 aliphatic carbocycles. The van der Waals surface area contributed by atoms with E-state index in [1.807, 2.05) is 13.8 Å². The van der Waals surface area contributed by atoms with Crippen molar-refractivity contribution in [1.29, 1.82) is 0 Å². The highest BCUT2D eigenvalue weighted by Crippen LogP contribution is 2.11. The van der Waals surface area contributed by atoms with Gasteiger partial charge in [-0.1, -0.05) is 0 Å². The molecule has 13 heavy (non-hydrogen) atoms. The van der Waals surface area contributed by atoms with Crippen LogP contribution in [0.1, 0.15) is 24.3 Å². The van der Waals surface area contributed by atoms with E-state index in [1.165, 1.54) is 10.7 Å². The number of amides is 1. The normalized spacial score (nSPS) is 10.5. The van der Waals surface area contributed by atoms with Crippen LogP contribution < -0.4 is 10.5 Å². The molecule has 0 radical (unpaired) electrons. The second-order valence-electron chi connectivity index (χ2n) is 3.02. The standard InChI is InChI=1S/C8H13N3O2/c1-5(2)13-7-4-6(8(9)12)11(3)10-7/h4-5H,1-3H3,(H2,9,12). The minimum Gasteiger partial charge on any atom is -0.474 e. The van der Waals surface area contributed by atoms with Gasteiger partial charge in [0.1, 0.15) is 5.69 Å². The molecule has 1 rings (SSSR count). The van der Waals surface area contributed by atoms with E-state index < -0.39 is 5.91 Å². The number of ether oxygens (including phenoxy) is 1. The average molecular weight is 183 g/mol. The van der Waals surface area contributed by atoms with E-state index >= 15 is 0 Å². The fraction of sp³-hybridized carbons (Fsp3) is 0.500. The van der Waals surface area contributed by atoms with Crippen molar-refractivity contribution >= 4 is 5.91 Å². The van der Waals surface area contributed by atoms with Gasteiger partial charge in [0, 0.05) is 13.1 Å². The van der Waals surface area contributed by atoms with Crippen LogP contribution in [-0.4, -0.2) is 21.8 Å². The van der Waals surface area contributed by atoms with Crippen molar-refractivity contribution in [2.45, 2.75) is 20.0 Å². The second-order valence-corrected chi connectivity index (χ2v) is 3.02. The quantitative estimate of drug-likeness (QED) is 0.733. The Morgan fingerprint density at radius 1 is 1.69 bits per heavy atom. The van der Waals surface area contributed by atoms with E-state index in [-0.39, 0.29) is 6.10 Å². The molecule has 0 aromatic carbocycles. The molecule has 2 N–H and O–H groups in total. The van der Waals surface area contributed by atoms with E-state index in [0.717, 1.165) is 0 Å². The second kappa shape index (κ2) is 3.47. The molecule has 0 saturated heterocycles. The van der Waals surface area contributed by atoms with E-state index in [2.05, 4.69) is 5.10 Å². The van der Waals surface area contributed by atoms with Gasteiger partial charge in [-0.05, 0) is 13.8 Å². The minimum absolute atomic E-state index is 0.0376. The van der Waals surface area contributed by atoms with E-state index in [9.17, 15) is 4.79 Å². The molecule has 1 aromatic heterocycles. The Morgan fingerprint density at radius 2 is 2.31 bits per heavy atom. The third-order valence-electron chi connectivity index (χ3n) is 1.47. The SMILES string of the molecule is CC(C)Oc1cc(C(N)=O)n(C)n1. The first kappa shape index (κ1) is 9.57. The summed E-state index contributed by atoms with van der Waals surface area (Å²) < 4.78 is 6.69. The number of nitrogens with zero attached hydrogens (tertiary/aromatic N) is 2. The Balaban J connectivity index is 2.89. The van der Waals surface area contributed by atoms with Gasteiger partial charge in [0.05, 0.1) is 6.10 Å². The molecule has 5 nitrogen and oxygen atoms in total. The lowest BCUT2D eigenvalue weighted by Gasteiger charge is -2.04. The molecule has 5 heteroatoms. The Kier molecular flexibility index (Phi) is 2.55. The number of hydrogen-bond donors (Lipinski definition) is 1. The number of carbonyl (C=O) groups excluding carboxylic acids is 1. The highest BCUT2D eigenvalue weighted by atomic mass is 16.5. The van der Waals surface area contributed by atoms with Crippen molar-refractivity contribution in [2.75, 3.05) is 0 Å². The molecule has 72 valence electrons. The molecule has 0 atom stereocenters. The van der Waals surface area contributed by atoms with Crippen molar-refractivity contribution in [3.63, 3.8) is 0 Å². The summed E-state index contributed by atoms with van der Waals surface area (Å²) in [5.41, 5.74) is 5.45. The third-order valence-corrected chi connectivity index (χ3v) is 1.47. The molecule has 1 aromatic rings. The van der Waals surface area contributed by atoms with Gasteiger partial charge in [0.2, 0.25) is 5.88 Å². The maximum Gasteiger partial charge on any atom is 0.267 e. The lowest BCUT2D eigenvalue weighted by atomic mass is 10.4. The molecule has 0 spiro atoms. The summed E-state index contributed by atoms with van der Waals surface area (Å²) in [7, 11) is 1.65. The third kappa shape index (κ3) is 2.21. The molecule has 0 bridgehead atoms. The van der Waals surface area contributed by atoms with Gasteiger partial charge in [0.15, 0.2) is 0 Å². The number of carbonyl (C=O) groups is 1. The molecule has 0 aliphatic rings. The first-order chi connectivity index (χ1) is 6.00. The molecule has 1 amide bonds. The van der Waals surface area contributed by atoms with E-state index in [0.29, 0.717) is 11.6 Å². The van der Waals surface area contributed by atoms with E-state index in [4.69, 9.17) is 10.5 Å². The summed E-state index contributed by atoms with van der Waals surface area (Å²) >= 11 is 0. The van der Waals surface area contributed by atoms with Crippen molar-refractivity contribution in [3.05, 3.63) is 11.8 Å². The minimum atomic E-state index is -0.506. The van der Waals surface area contributed by atoms with Crippen LogP contribution >= 0.6 is 0 Å². The first-order valence-electron chi connectivity index (χ1n) is 4.01. The topological polar surface area (TPSA) is 70.1 Å². The van der Waals surface area contributed by atoms with Gasteiger partial charge >= 0.3 is 0 Å². The Labute approximate surface area is 76.5 Å². The predicted molar refractivity (Wildman–Crippen MR) is 47.5 cm³/mol. The largest absolute Gasteiger partial charge is 0.474 e. The molecule has 0 saturated carbocycles. The highest BCUT2D eigenvalue weighted by molar-refractivity contribution is 5.91. The molecule has 1 heterocycles. The number of aromatic nitrogens is 2. The maximum atomic E-state index is 10.8. The Bertz CT molecular complexity index is 317. The van der Waals surface area contributed by atoms with Gasteiger partial charge in [-0.2, -0.15) is 0 Å². The van der Waals surface area contributed by atoms with Gasteiger partial charge < -0.3 is 10.5 Å². The number of rotatable bonds is 3. The number of aryl methyl sites for hydroxylation is 1. The van der Waals surface area contributed by atoms with Crippen LogP contribution in [0.25, 0.3) is 0 Å². The van der Waals surface area contributed by atoms with Crippen LogP contribution in [0.15, 0.2) is 6.07 Å². The molecule has 0 aliphatic heterocycles. The summed E-state index contributed by atoms with van der Waals surface area (Å²) in [6.07, 6.45) is 0.0376. The fourth-order valence-electron chi connectivity index (χ4n) is 0.971. The highest BCUT2D eigenvalue weighted by Gasteiger charge is 2.11. The lowest BCUT2D eigenvalue weighted by molar-refractivity contribution is 0.0991. The Hall–Kier alpha value is -1.52. The number of hydrogen-bond acceptors (Lipinski definition) is 3. The molecule has 0 unspecified atom stereocenters. The van der Waals surface area contributed by atoms with Gasteiger partial charge in [-0.3, -0.25) is 9.48 Å². The zero-order valence-electron chi connectivity index (χ0n) is 7.94. The molecule has 0 fully saturated rings. The summed E-state index contributed by atoms with van der Waals surface area (Å²) in [4.78, 5) is 10.8.